The Balaban J connectivity index is 1.54. The molecule has 3 aromatic rings. The van der Waals surface area contributed by atoms with Gasteiger partial charge in [0.1, 0.15) is 0 Å². The van der Waals surface area contributed by atoms with Gasteiger partial charge < -0.3 is 5.73 Å². The van der Waals surface area contributed by atoms with E-state index in [4.69, 9.17) is 5.73 Å². The third-order valence-corrected chi connectivity index (χ3v) is 4.90. The Morgan fingerprint density at radius 1 is 1.12 bits per heavy atom. The van der Waals surface area contributed by atoms with Crippen LogP contribution in [0.5, 0.6) is 0 Å². The Labute approximate surface area is 148 Å². The highest BCUT2D eigenvalue weighted by molar-refractivity contribution is 5.61. The topological polar surface area (TPSA) is 60.0 Å². The van der Waals surface area contributed by atoms with Gasteiger partial charge in [-0.05, 0) is 17.7 Å². The van der Waals surface area contributed by atoms with Crippen LogP contribution in [0.15, 0.2) is 61.1 Å². The molecule has 0 radical (unpaired) electrons. The van der Waals surface area contributed by atoms with Crippen molar-refractivity contribution >= 4 is 0 Å². The van der Waals surface area contributed by atoms with Gasteiger partial charge in [-0.15, -0.1) is 0 Å². The molecule has 5 nitrogen and oxygen atoms in total. The van der Waals surface area contributed by atoms with Crippen LogP contribution in [-0.2, 0) is 13.6 Å². The van der Waals surface area contributed by atoms with E-state index < -0.39 is 0 Å². The molecule has 0 aliphatic carbocycles. The standard InChI is InChI=1S/C20H23N5/c1-24-11-17(20(23-24)16-8-5-9-22-10-16)12-25-13-18(19(21)14-25)15-6-3-2-4-7-15/h2-11,18-19H,12-14,21H2,1H3/t18-,19+/m0/s1. The van der Waals surface area contributed by atoms with Crippen LogP contribution in [0.25, 0.3) is 11.3 Å². The number of likely N-dealkylation sites (tertiary alicyclic amines) is 1. The molecule has 1 aliphatic rings. The number of nitrogens with two attached hydrogens (primary N) is 1. The first kappa shape index (κ1) is 16.0. The summed E-state index contributed by atoms with van der Waals surface area (Å²) in [5.41, 5.74) is 11.0. The van der Waals surface area contributed by atoms with E-state index >= 15 is 0 Å². The average Bonchev–Trinajstić information content (AvgIpc) is 3.19. The molecule has 1 aromatic carbocycles. The molecular formula is C20H23N5. The number of pyridine rings is 1. The molecule has 1 aliphatic heterocycles. The zero-order valence-corrected chi connectivity index (χ0v) is 14.4. The minimum atomic E-state index is 0.168. The van der Waals surface area contributed by atoms with E-state index in [9.17, 15) is 0 Å². The monoisotopic (exact) mass is 333 g/mol. The molecule has 3 heterocycles. The Morgan fingerprint density at radius 2 is 1.96 bits per heavy atom. The highest BCUT2D eigenvalue weighted by Gasteiger charge is 2.31. The number of aromatic nitrogens is 3. The summed E-state index contributed by atoms with van der Waals surface area (Å²) in [6.45, 7) is 2.74. The summed E-state index contributed by atoms with van der Waals surface area (Å²) >= 11 is 0. The van der Waals surface area contributed by atoms with Gasteiger partial charge in [-0.25, -0.2) is 0 Å². The van der Waals surface area contributed by atoms with Crippen molar-refractivity contribution < 1.29 is 0 Å². The predicted octanol–water partition coefficient (Wildman–Crippen LogP) is 2.41. The third kappa shape index (κ3) is 3.34. The van der Waals surface area contributed by atoms with Gasteiger partial charge in [0.15, 0.2) is 0 Å². The fraction of sp³-hybridized carbons (Fsp3) is 0.300. The summed E-state index contributed by atoms with van der Waals surface area (Å²) in [7, 11) is 1.96. The number of aryl methyl sites for hydroxylation is 1. The average molecular weight is 333 g/mol. The number of hydrogen-bond donors (Lipinski definition) is 1. The van der Waals surface area contributed by atoms with E-state index in [1.807, 2.05) is 24.0 Å². The Morgan fingerprint density at radius 3 is 2.72 bits per heavy atom. The summed E-state index contributed by atoms with van der Waals surface area (Å²) in [5, 5.41) is 4.64. The second-order valence-electron chi connectivity index (χ2n) is 6.79. The van der Waals surface area contributed by atoms with Gasteiger partial charge in [0.2, 0.25) is 0 Å². The maximum absolute atomic E-state index is 6.44. The van der Waals surface area contributed by atoms with Gasteiger partial charge in [-0.3, -0.25) is 14.6 Å². The lowest BCUT2D eigenvalue weighted by Crippen LogP contribution is -2.28. The first-order valence-corrected chi connectivity index (χ1v) is 8.66. The maximum atomic E-state index is 6.44. The Bertz CT molecular complexity index is 828. The van der Waals surface area contributed by atoms with Crippen molar-refractivity contribution in [2.75, 3.05) is 13.1 Å². The zero-order valence-electron chi connectivity index (χ0n) is 14.4. The molecule has 2 N–H and O–H groups in total. The van der Waals surface area contributed by atoms with Crippen molar-refractivity contribution in [2.24, 2.45) is 12.8 Å². The van der Waals surface area contributed by atoms with E-state index in [-0.39, 0.29) is 6.04 Å². The first-order chi connectivity index (χ1) is 12.2. The van der Waals surface area contributed by atoms with Crippen molar-refractivity contribution in [1.29, 1.82) is 0 Å². The van der Waals surface area contributed by atoms with Gasteiger partial charge in [-0.2, -0.15) is 5.10 Å². The number of hydrogen-bond acceptors (Lipinski definition) is 4. The predicted molar refractivity (Wildman–Crippen MR) is 98.9 cm³/mol. The lowest BCUT2D eigenvalue weighted by atomic mass is 9.95. The van der Waals surface area contributed by atoms with Crippen LogP contribution in [0.2, 0.25) is 0 Å². The van der Waals surface area contributed by atoms with Crippen LogP contribution in [0.3, 0.4) is 0 Å². The van der Waals surface area contributed by atoms with Gasteiger partial charge in [-0.1, -0.05) is 30.3 Å². The number of benzene rings is 1. The van der Waals surface area contributed by atoms with Crippen molar-refractivity contribution in [1.82, 2.24) is 19.7 Å². The number of rotatable bonds is 4. The Kier molecular flexibility index (Phi) is 4.34. The van der Waals surface area contributed by atoms with Crippen molar-refractivity contribution in [2.45, 2.75) is 18.5 Å². The SMILES string of the molecule is Cn1cc(CN2C[C@@H](N)[C@H](c3ccccc3)C2)c(-c2cccnc2)n1. The molecule has 0 unspecified atom stereocenters. The Hall–Kier alpha value is -2.50. The minimum absolute atomic E-state index is 0.168. The van der Waals surface area contributed by atoms with E-state index in [1.54, 1.807) is 6.20 Å². The molecule has 1 fully saturated rings. The van der Waals surface area contributed by atoms with Crippen molar-refractivity contribution in [3.63, 3.8) is 0 Å². The van der Waals surface area contributed by atoms with Crippen LogP contribution in [0, 0.1) is 0 Å². The van der Waals surface area contributed by atoms with E-state index in [2.05, 4.69) is 57.6 Å². The third-order valence-electron chi connectivity index (χ3n) is 4.90. The second kappa shape index (κ2) is 6.78. The highest BCUT2D eigenvalue weighted by Crippen LogP contribution is 2.29. The summed E-state index contributed by atoms with van der Waals surface area (Å²) < 4.78 is 1.88. The lowest BCUT2D eigenvalue weighted by molar-refractivity contribution is 0.324. The lowest BCUT2D eigenvalue weighted by Gasteiger charge is -2.16. The molecule has 0 saturated carbocycles. The molecule has 25 heavy (non-hydrogen) atoms. The van der Waals surface area contributed by atoms with Gasteiger partial charge in [0, 0.05) is 68.4 Å². The van der Waals surface area contributed by atoms with Crippen LogP contribution in [0.1, 0.15) is 17.0 Å². The molecule has 0 bridgehead atoms. The summed E-state index contributed by atoms with van der Waals surface area (Å²) in [6, 6.07) is 14.8. The molecule has 5 heteroatoms. The van der Waals surface area contributed by atoms with Gasteiger partial charge >= 0.3 is 0 Å². The fourth-order valence-corrected chi connectivity index (χ4v) is 3.74. The fourth-order valence-electron chi connectivity index (χ4n) is 3.74. The van der Waals surface area contributed by atoms with Crippen molar-refractivity contribution in [3.8, 4) is 11.3 Å². The largest absolute Gasteiger partial charge is 0.326 e. The van der Waals surface area contributed by atoms with Crippen LogP contribution < -0.4 is 5.73 Å². The molecule has 0 amide bonds. The molecule has 2 aromatic heterocycles. The molecule has 128 valence electrons. The van der Waals surface area contributed by atoms with Gasteiger partial charge in [0.25, 0.3) is 0 Å². The van der Waals surface area contributed by atoms with Crippen LogP contribution >= 0.6 is 0 Å². The molecule has 2 atom stereocenters. The van der Waals surface area contributed by atoms with Crippen LogP contribution in [0.4, 0.5) is 0 Å². The summed E-state index contributed by atoms with van der Waals surface area (Å²) in [5.74, 6) is 0.389. The normalized spacial score (nSPS) is 20.9. The minimum Gasteiger partial charge on any atom is -0.326 e. The van der Waals surface area contributed by atoms with E-state index in [0.717, 1.165) is 30.9 Å². The smallest absolute Gasteiger partial charge is 0.0983 e. The van der Waals surface area contributed by atoms with Crippen molar-refractivity contribution in [3.05, 3.63) is 72.2 Å². The maximum Gasteiger partial charge on any atom is 0.0983 e. The highest BCUT2D eigenvalue weighted by atomic mass is 15.3. The molecule has 1 saturated heterocycles. The summed E-state index contributed by atoms with van der Waals surface area (Å²) in [6.07, 6.45) is 5.76. The van der Waals surface area contributed by atoms with Crippen LogP contribution in [-0.4, -0.2) is 38.8 Å². The quantitative estimate of drug-likeness (QED) is 0.796. The summed E-state index contributed by atoms with van der Waals surface area (Å²) in [4.78, 5) is 6.65. The first-order valence-electron chi connectivity index (χ1n) is 8.66. The number of nitrogens with zero attached hydrogens (tertiary/aromatic N) is 4. The molecule has 4 rings (SSSR count). The van der Waals surface area contributed by atoms with E-state index in [1.165, 1.54) is 11.1 Å². The second-order valence-corrected chi connectivity index (χ2v) is 6.79. The molecular weight excluding hydrogens is 310 g/mol. The molecule has 0 spiro atoms. The van der Waals surface area contributed by atoms with E-state index in [0.29, 0.717) is 5.92 Å². The van der Waals surface area contributed by atoms with Gasteiger partial charge in [0.05, 0.1) is 5.69 Å². The zero-order chi connectivity index (χ0) is 17.2.